The maximum atomic E-state index is 9.41. The Hall–Kier alpha value is -0.630. The highest BCUT2D eigenvalue weighted by Crippen LogP contribution is 2.23. The number of hydrogen-bond acceptors (Lipinski definition) is 2. The van der Waals surface area contributed by atoms with E-state index < -0.39 is 0 Å². The molecule has 0 fully saturated rings. The molecule has 0 saturated heterocycles. The molecule has 20 heavy (non-hydrogen) atoms. The first-order valence-corrected chi connectivity index (χ1v) is 8.69. The molecule has 0 aliphatic rings. The van der Waals surface area contributed by atoms with Gasteiger partial charge >= 0.3 is 0 Å². The predicted octanol–water partition coefficient (Wildman–Crippen LogP) is 6.14. The number of hydrogen-bond donors (Lipinski definition) is 2. The summed E-state index contributed by atoms with van der Waals surface area (Å²) in [7, 11) is 0. The molecule has 0 radical (unpaired) electrons. The first kappa shape index (κ1) is 17.4. The third kappa shape index (κ3) is 7.84. The molecule has 0 aliphatic heterocycles. The maximum absolute atomic E-state index is 9.41. The Kier molecular flexibility index (Phi) is 9.65. The van der Waals surface area contributed by atoms with Crippen LogP contribution in [0.5, 0.6) is 5.75 Å². The number of phenols is 1. The SMILES string of the molecule is CCCCCCCCCCCCc1ccc(O)c(S)c1. The largest absolute Gasteiger partial charge is 0.507 e. The standard InChI is InChI=1S/C18H30OS/c1-2-3-4-5-6-7-8-9-10-11-12-16-13-14-17(19)18(20)15-16/h13-15,19-20H,2-12H2,1H3. The smallest absolute Gasteiger partial charge is 0.128 e. The Balaban J connectivity index is 1.95. The van der Waals surface area contributed by atoms with Crippen LogP contribution in [0.1, 0.15) is 76.7 Å². The van der Waals surface area contributed by atoms with Gasteiger partial charge < -0.3 is 5.11 Å². The van der Waals surface area contributed by atoms with E-state index in [4.69, 9.17) is 0 Å². The molecule has 0 spiro atoms. The lowest BCUT2D eigenvalue weighted by Gasteiger charge is -2.04. The second kappa shape index (κ2) is 11.1. The summed E-state index contributed by atoms with van der Waals surface area (Å²) < 4.78 is 0. The third-order valence-electron chi connectivity index (χ3n) is 3.86. The van der Waals surface area contributed by atoms with Gasteiger partial charge in [-0.1, -0.05) is 70.8 Å². The molecule has 1 aromatic carbocycles. The fourth-order valence-electron chi connectivity index (χ4n) is 2.54. The highest BCUT2D eigenvalue weighted by atomic mass is 32.1. The number of aromatic hydroxyl groups is 1. The molecule has 0 aliphatic carbocycles. The number of unbranched alkanes of at least 4 members (excludes halogenated alkanes) is 9. The van der Waals surface area contributed by atoms with Crippen molar-refractivity contribution < 1.29 is 5.11 Å². The van der Waals surface area contributed by atoms with Crippen molar-refractivity contribution in [2.45, 2.75) is 82.4 Å². The zero-order chi connectivity index (χ0) is 14.6. The molecule has 0 atom stereocenters. The van der Waals surface area contributed by atoms with Crippen LogP contribution in [-0.2, 0) is 6.42 Å². The minimum absolute atomic E-state index is 0.278. The van der Waals surface area contributed by atoms with Crippen LogP contribution in [-0.4, -0.2) is 5.11 Å². The van der Waals surface area contributed by atoms with Crippen molar-refractivity contribution in [2.24, 2.45) is 0 Å². The molecular weight excluding hydrogens is 264 g/mol. The minimum atomic E-state index is 0.278. The molecule has 0 bridgehead atoms. The van der Waals surface area contributed by atoms with E-state index in [0.29, 0.717) is 4.90 Å². The van der Waals surface area contributed by atoms with Crippen LogP contribution in [0, 0.1) is 0 Å². The van der Waals surface area contributed by atoms with Crippen molar-refractivity contribution in [3.05, 3.63) is 23.8 Å². The van der Waals surface area contributed by atoms with E-state index in [-0.39, 0.29) is 5.75 Å². The number of benzene rings is 1. The number of thiol groups is 1. The first-order chi connectivity index (χ1) is 9.74. The molecular formula is C18H30OS. The molecule has 2 heteroatoms. The van der Waals surface area contributed by atoms with Crippen LogP contribution in [0.3, 0.4) is 0 Å². The molecule has 114 valence electrons. The molecule has 1 N–H and O–H groups in total. The van der Waals surface area contributed by atoms with Crippen LogP contribution in [0.15, 0.2) is 23.1 Å². The molecule has 0 amide bonds. The van der Waals surface area contributed by atoms with Gasteiger partial charge in [-0.25, -0.2) is 0 Å². The van der Waals surface area contributed by atoms with Gasteiger partial charge in [0.1, 0.15) is 5.75 Å². The lowest BCUT2D eigenvalue weighted by atomic mass is 10.0. The van der Waals surface area contributed by atoms with Crippen LogP contribution < -0.4 is 0 Å². The summed E-state index contributed by atoms with van der Waals surface area (Å²) in [5, 5.41) is 9.41. The highest BCUT2D eigenvalue weighted by molar-refractivity contribution is 7.80. The summed E-state index contributed by atoms with van der Waals surface area (Å²) in [4.78, 5) is 0.689. The monoisotopic (exact) mass is 294 g/mol. The van der Waals surface area contributed by atoms with Gasteiger partial charge in [-0.05, 0) is 30.5 Å². The van der Waals surface area contributed by atoms with Gasteiger partial charge in [0.2, 0.25) is 0 Å². The lowest BCUT2D eigenvalue weighted by Crippen LogP contribution is -1.87. The van der Waals surface area contributed by atoms with Crippen LogP contribution in [0.25, 0.3) is 0 Å². The Morgan fingerprint density at radius 3 is 1.95 bits per heavy atom. The molecule has 0 aromatic heterocycles. The summed E-state index contributed by atoms with van der Waals surface area (Å²) in [6.07, 6.45) is 14.8. The van der Waals surface area contributed by atoms with Crippen molar-refractivity contribution >= 4 is 12.6 Å². The lowest BCUT2D eigenvalue weighted by molar-refractivity contribution is 0.462. The Morgan fingerprint density at radius 1 is 0.850 bits per heavy atom. The van der Waals surface area contributed by atoms with Crippen molar-refractivity contribution in [3.63, 3.8) is 0 Å². The van der Waals surface area contributed by atoms with E-state index >= 15 is 0 Å². The van der Waals surface area contributed by atoms with E-state index in [0.717, 1.165) is 6.42 Å². The average molecular weight is 295 g/mol. The second-order valence-corrected chi connectivity index (χ2v) is 6.24. The van der Waals surface area contributed by atoms with Crippen molar-refractivity contribution in [1.82, 2.24) is 0 Å². The number of aryl methyl sites for hydroxylation is 1. The van der Waals surface area contributed by atoms with E-state index in [1.54, 1.807) is 6.07 Å². The Labute approximate surface area is 130 Å². The Bertz CT molecular complexity index is 362. The van der Waals surface area contributed by atoms with Gasteiger partial charge in [0.25, 0.3) is 0 Å². The zero-order valence-corrected chi connectivity index (χ0v) is 13.8. The van der Waals surface area contributed by atoms with Crippen LogP contribution in [0.2, 0.25) is 0 Å². The summed E-state index contributed by atoms with van der Waals surface area (Å²) in [5.74, 6) is 0.278. The summed E-state index contributed by atoms with van der Waals surface area (Å²) in [6, 6.07) is 5.73. The third-order valence-corrected chi connectivity index (χ3v) is 4.22. The second-order valence-electron chi connectivity index (χ2n) is 5.76. The van der Waals surface area contributed by atoms with Gasteiger partial charge in [0.15, 0.2) is 0 Å². The van der Waals surface area contributed by atoms with E-state index in [9.17, 15) is 5.11 Å². The minimum Gasteiger partial charge on any atom is -0.507 e. The number of rotatable bonds is 11. The van der Waals surface area contributed by atoms with Crippen LogP contribution in [0.4, 0.5) is 0 Å². The molecule has 1 rings (SSSR count). The normalized spacial score (nSPS) is 10.9. The van der Waals surface area contributed by atoms with E-state index in [1.165, 1.54) is 69.8 Å². The van der Waals surface area contributed by atoms with Gasteiger partial charge in [0.05, 0.1) is 0 Å². The molecule has 0 saturated carbocycles. The van der Waals surface area contributed by atoms with Crippen molar-refractivity contribution in [1.29, 1.82) is 0 Å². The quantitative estimate of drug-likeness (QED) is 0.371. The fraction of sp³-hybridized carbons (Fsp3) is 0.667. The van der Waals surface area contributed by atoms with Crippen LogP contribution >= 0.6 is 12.6 Å². The van der Waals surface area contributed by atoms with Gasteiger partial charge in [-0.3, -0.25) is 0 Å². The topological polar surface area (TPSA) is 20.2 Å². The number of phenolic OH excluding ortho intramolecular Hbond substituents is 1. The Morgan fingerprint density at radius 2 is 1.40 bits per heavy atom. The van der Waals surface area contributed by atoms with Gasteiger partial charge in [-0.15, -0.1) is 12.6 Å². The van der Waals surface area contributed by atoms with Crippen molar-refractivity contribution in [2.75, 3.05) is 0 Å². The van der Waals surface area contributed by atoms with E-state index in [2.05, 4.69) is 19.6 Å². The highest BCUT2D eigenvalue weighted by Gasteiger charge is 1.99. The molecule has 0 heterocycles. The van der Waals surface area contributed by atoms with Gasteiger partial charge in [0, 0.05) is 4.90 Å². The first-order valence-electron chi connectivity index (χ1n) is 8.25. The molecule has 1 aromatic rings. The van der Waals surface area contributed by atoms with Crippen molar-refractivity contribution in [3.8, 4) is 5.75 Å². The average Bonchev–Trinajstić information content (AvgIpc) is 2.45. The fourth-order valence-corrected chi connectivity index (χ4v) is 2.78. The zero-order valence-electron chi connectivity index (χ0n) is 12.9. The maximum Gasteiger partial charge on any atom is 0.128 e. The molecule has 1 nitrogen and oxygen atoms in total. The predicted molar refractivity (Wildman–Crippen MR) is 90.9 cm³/mol. The molecule has 0 unspecified atom stereocenters. The van der Waals surface area contributed by atoms with Gasteiger partial charge in [-0.2, -0.15) is 0 Å². The summed E-state index contributed by atoms with van der Waals surface area (Å²) in [6.45, 7) is 2.27. The van der Waals surface area contributed by atoms with E-state index in [1.807, 2.05) is 12.1 Å². The summed E-state index contributed by atoms with van der Waals surface area (Å²) >= 11 is 4.24. The summed E-state index contributed by atoms with van der Waals surface area (Å²) in [5.41, 5.74) is 1.28.